The average molecular weight is 541 g/mol. The van der Waals surface area contributed by atoms with Gasteiger partial charge in [-0.25, -0.2) is 10.4 Å². The Labute approximate surface area is 222 Å². The molecule has 1 N–H and O–H groups in total. The summed E-state index contributed by atoms with van der Waals surface area (Å²) in [4.78, 5) is 24.3. The number of pyridine rings is 1. The number of nitrogens with zero attached hydrogens (tertiary/aromatic N) is 5. The number of methoxy groups -OCH3 is 1. The molecule has 0 fully saturated rings. The van der Waals surface area contributed by atoms with E-state index in [1.54, 1.807) is 6.07 Å². The standard InChI is InChI=1S/C27H27F3N6O3/c1-15-12-22(37)31-32-25(15)18-6-4-17(5-7-18)10-11-35-23(38)13-16(2)26(34-35)19-8-9-24(39-3)36-20(19)14-21(33-36)27(28,29)30/h4-9,14-16H,10-13H2,1-3H3,(H,31,37). The third-order valence-corrected chi connectivity index (χ3v) is 6.95. The maximum Gasteiger partial charge on any atom is 0.435 e. The third-order valence-electron chi connectivity index (χ3n) is 6.95. The first kappa shape index (κ1) is 26.4. The van der Waals surface area contributed by atoms with Crippen LogP contribution in [0.2, 0.25) is 0 Å². The Hall–Kier alpha value is -4.22. The highest BCUT2D eigenvalue weighted by atomic mass is 19.4. The summed E-state index contributed by atoms with van der Waals surface area (Å²) in [5.74, 6) is -0.391. The van der Waals surface area contributed by atoms with Crippen LogP contribution in [0.15, 0.2) is 52.7 Å². The van der Waals surface area contributed by atoms with Crippen molar-refractivity contribution in [3.63, 3.8) is 0 Å². The largest absolute Gasteiger partial charge is 0.481 e. The van der Waals surface area contributed by atoms with Gasteiger partial charge in [0.2, 0.25) is 17.7 Å². The van der Waals surface area contributed by atoms with E-state index in [1.165, 1.54) is 18.2 Å². The van der Waals surface area contributed by atoms with Crippen LogP contribution in [-0.4, -0.2) is 51.5 Å². The summed E-state index contributed by atoms with van der Waals surface area (Å²) < 4.78 is 46.6. The smallest absolute Gasteiger partial charge is 0.435 e. The zero-order chi connectivity index (χ0) is 27.9. The van der Waals surface area contributed by atoms with Gasteiger partial charge < -0.3 is 4.74 Å². The van der Waals surface area contributed by atoms with Crippen molar-refractivity contribution in [1.29, 1.82) is 0 Å². The number of hydrogen-bond acceptors (Lipinski definition) is 6. The lowest BCUT2D eigenvalue weighted by molar-refractivity contribution is -0.141. The van der Waals surface area contributed by atoms with Gasteiger partial charge in [-0.1, -0.05) is 38.1 Å². The number of carbonyl (C=O) groups is 2. The number of amides is 2. The van der Waals surface area contributed by atoms with Crippen molar-refractivity contribution in [2.75, 3.05) is 13.7 Å². The number of rotatable bonds is 6. The van der Waals surface area contributed by atoms with Crippen LogP contribution < -0.4 is 10.2 Å². The van der Waals surface area contributed by atoms with Crippen molar-refractivity contribution in [3.05, 3.63) is 64.8 Å². The van der Waals surface area contributed by atoms with Crippen molar-refractivity contribution in [2.24, 2.45) is 22.0 Å². The van der Waals surface area contributed by atoms with E-state index in [9.17, 15) is 22.8 Å². The van der Waals surface area contributed by atoms with Crippen LogP contribution >= 0.6 is 0 Å². The summed E-state index contributed by atoms with van der Waals surface area (Å²) in [6, 6.07) is 11.9. The fourth-order valence-corrected chi connectivity index (χ4v) is 4.88. The van der Waals surface area contributed by atoms with Gasteiger partial charge in [0.25, 0.3) is 0 Å². The Morgan fingerprint density at radius 1 is 1.03 bits per heavy atom. The zero-order valence-corrected chi connectivity index (χ0v) is 21.6. The maximum absolute atomic E-state index is 13.4. The topological polar surface area (TPSA) is 101 Å². The molecule has 0 radical (unpaired) electrons. The minimum Gasteiger partial charge on any atom is -0.481 e. The number of alkyl halides is 3. The molecule has 2 aliphatic rings. The highest BCUT2D eigenvalue weighted by Gasteiger charge is 2.36. The van der Waals surface area contributed by atoms with E-state index >= 15 is 0 Å². The summed E-state index contributed by atoms with van der Waals surface area (Å²) >= 11 is 0. The van der Waals surface area contributed by atoms with Gasteiger partial charge in [0.05, 0.1) is 24.0 Å². The Morgan fingerprint density at radius 3 is 2.41 bits per heavy atom. The monoisotopic (exact) mass is 540 g/mol. The van der Waals surface area contributed by atoms with Crippen molar-refractivity contribution in [1.82, 2.24) is 20.0 Å². The molecule has 3 aromatic rings. The van der Waals surface area contributed by atoms with E-state index in [0.29, 0.717) is 30.7 Å². The van der Waals surface area contributed by atoms with Crippen LogP contribution in [0.5, 0.6) is 5.88 Å². The van der Waals surface area contributed by atoms with Gasteiger partial charge in [-0.2, -0.15) is 33.0 Å². The van der Waals surface area contributed by atoms with Crippen LogP contribution in [-0.2, 0) is 22.2 Å². The lowest BCUT2D eigenvalue weighted by atomic mass is 9.93. The summed E-state index contributed by atoms with van der Waals surface area (Å²) in [5.41, 5.74) is 5.36. The Bertz CT molecular complexity index is 1490. The summed E-state index contributed by atoms with van der Waals surface area (Å²) in [6.45, 7) is 4.09. The van der Waals surface area contributed by atoms with Gasteiger partial charge in [-0.05, 0) is 29.7 Å². The van der Waals surface area contributed by atoms with Gasteiger partial charge in [-0.15, -0.1) is 0 Å². The normalized spacial score (nSPS) is 20.1. The maximum atomic E-state index is 13.4. The van der Waals surface area contributed by atoms with Crippen molar-refractivity contribution in [3.8, 4) is 5.88 Å². The SMILES string of the molecule is COc1ccc(C2=NN(CCc3ccc(C4=NNC(=O)CC4C)cc3)C(=O)CC2C)c2cc(C(F)(F)F)nn12. The number of aromatic nitrogens is 2. The average Bonchev–Trinajstić information content (AvgIpc) is 3.35. The number of hydrazone groups is 2. The molecule has 0 aliphatic carbocycles. The van der Waals surface area contributed by atoms with E-state index in [2.05, 4.69) is 20.7 Å². The number of halogens is 3. The van der Waals surface area contributed by atoms with E-state index in [0.717, 1.165) is 27.4 Å². The number of nitrogens with one attached hydrogen (secondary N) is 1. The molecule has 5 rings (SSSR count). The molecule has 2 aromatic heterocycles. The number of benzene rings is 1. The predicted molar refractivity (Wildman–Crippen MR) is 137 cm³/mol. The minimum absolute atomic E-state index is 0.0118. The number of fused-ring (bicyclic) bond motifs is 1. The molecule has 2 unspecified atom stereocenters. The molecular weight excluding hydrogens is 513 g/mol. The van der Waals surface area contributed by atoms with E-state index in [1.807, 2.05) is 38.1 Å². The number of ether oxygens (including phenoxy) is 1. The minimum atomic E-state index is -4.62. The molecule has 204 valence electrons. The second-order valence-corrected chi connectivity index (χ2v) is 9.81. The molecule has 1 aromatic carbocycles. The van der Waals surface area contributed by atoms with E-state index in [-0.39, 0.29) is 41.5 Å². The molecule has 4 heterocycles. The molecule has 0 saturated carbocycles. The summed E-state index contributed by atoms with van der Waals surface area (Å²) in [7, 11) is 1.36. The van der Waals surface area contributed by atoms with Gasteiger partial charge in [-0.3, -0.25) is 9.59 Å². The van der Waals surface area contributed by atoms with Gasteiger partial charge >= 0.3 is 6.18 Å². The molecule has 9 nitrogen and oxygen atoms in total. The van der Waals surface area contributed by atoms with Gasteiger partial charge in [0.15, 0.2) is 5.69 Å². The molecule has 0 saturated heterocycles. The second kappa shape index (κ2) is 10.2. The quantitative estimate of drug-likeness (QED) is 0.510. The van der Waals surface area contributed by atoms with Crippen LogP contribution in [0.4, 0.5) is 13.2 Å². The molecule has 0 spiro atoms. The second-order valence-electron chi connectivity index (χ2n) is 9.81. The molecular formula is C27H27F3N6O3. The fraction of sp³-hybridized carbons (Fsp3) is 0.370. The van der Waals surface area contributed by atoms with Crippen molar-refractivity contribution < 1.29 is 27.5 Å². The van der Waals surface area contributed by atoms with Crippen LogP contribution in [0, 0.1) is 11.8 Å². The van der Waals surface area contributed by atoms with E-state index < -0.39 is 11.9 Å². The first-order valence-corrected chi connectivity index (χ1v) is 12.5. The van der Waals surface area contributed by atoms with Crippen LogP contribution in [0.3, 0.4) is 0 Å². The lowest BCUT2D eigenvalue weighted by Crippen LogP contribution is -2.37. The zero-order valence-electron chi connectivity index (χ0n) is 21.6. The van der Waals surface area contributed by atoms with Gasteiger partial charge in [0, 0.05) is 42.9 Å². The van der Waals surface area contributed by atoms with Crippen molar-refractivity contribution >= 4 is 28.8 Å². The van der Waals surface area contributed by atoms with Gasteiger partial charge in [0.1, 0.15) is 0 Å². The predicted octanol–water partition coefficient (Wildman–Crippen LogP) is 4.04. The summed E-state index contributed by atoms with van der Waals surface area (Å²) in [5, 5.41) is 13.9. The molecule has 2 aliphatic heterocycles. The number of hydrogen-bond donors (Lipinski definition) is 1. The molecule has 39 heavy (non-hydrogen) atoms. The number of carbonyl (C=O) groups excluding carboxylic acids is 2. The summed E-state index contributed by atoms with van der Waals surface area (Å²) in [6.07, 6.45) is -3.53. The first-order valence-electron chi connectivity index (χ1n) is 12.5. The molecule has 2 amide bonds. The third kappa shape index (κ3) is 5.23. The first-order chi connectivity index (χ1) is 18.5. The fourth-order valence-electron chi connectivity index (χ4n) is 4.88. The Balaban J connectivity index is 1.39. The van der Waals surface area contributed by atoms with Crippen LogP contribution in [0.25, 0.3) is 5.52 Å². The highest BCUT2D eigenvalue weighted by Crippen LogP contribution is 2.33. The van der Waals surface area contributed by atoms with Crippen LogP contribution in [0.1, 0.15) is 49.1 Å². The van der Waals surface area contributed by atoms with Crippen molar-refractivity contribution in [2.45, 2.75) is 39.3 Å². The Morgan fingerprint density at radius 2 is 1.74 bits per heavy atom. The molecule has 0 bridgehead atoms. The molecule has 2 atom stereocenters. The molecule has 12 heteroatoms. The Kier molecular flexibility index (Phi) is 6.87. The lowest BCUT2D eigenvalue weighted by Gasteiger charge is -2.28. The van der Waals surface area contributed by atoms with E-state index in [4.69, 9.17) is 4.74 Å². The highest BCUT2D eigenvalue weighted by molar-refractivity contribution is 6.10.